The Morgan fingerprint density at radius 3 is 2.62 bits per heavy atom. The SMILES string of the molecule is CCC1CC(OS(C)(=O)=O)CC1c1nnc2cnc3c(ccn3COCCS(C)(C)C)n12. The number of hydrogen-bond acceptors (Lipinski definition) is 7. The number of hydrogen-bond donors (Lipinski definition) is 0. The summed E-state index contributed by atoms with van der Waals surface area (Å²) in [6.45, 7) is 3.29. The van der Waals surface area contributed by atoms with Crippen molar-refractivity contribution in [2.24, 2.45) is 5.92 Å². The first-order chi connectivity index (χ1) is 15.1. The predicted molar refractivity (Wildman–Crippen MR) is 128 cm³/mol. The summed E-state index contributed by atoms with van der Waals surface area (Å²) in [6.07, 6.45) is 13.6. The van der Waals surface area contributed by atoms with E-state index in [9.17, 15) is 8.42 Å². The molecule has 1 fully saturated rings. The second-order valence-corrected chi connectivity index (χ2v) is 15.7. The molecule has 3 aromatic heterocycles. The lowest BCUT2D eigenvalue weighted by atomic mass is 9.93. The van der Waals surface area contributed by atoms with Crippen molar-refractivity contribution in [3.8, 4) is 0 Å². The maximum absolute atomic E-state index is 11.7. The van der Waals surface area contributed by atoms with Crippen LogP contribution >= 0.6 is 10.0 Å². The molecule has 0 spiro atoms. The molecule has 0 aromatic carbocycles. The molecule has 0 amide bonds. The molecule has 0 N–H and O–H groups in total. The molecule has 3 aromatic rings. The Bertz CT molecular complexity index is 1200. The summed E-state index contributed by atoms with van der Waals surface area (Å²) in [5, 5.41) is 8.85. The molecular formula is C21H33N5O4S2. The lowest BCUT2D eigenvalue weighted by molar-refractivity contribution is 0.0923. The summed E-state index contributed by atoms with van der Waals surface area (Å²) in [7, 11) is -4.08. The van der Waals surface area contributed by atoms with Crippen LogP contribution in [0.15, 0.2) is 18.5 Å². The van der Waals surface area contributed by atoms with E-state index in [4.69, 9.17) is 8.92 Å². The van der Waals surface area contributed by atoms with Crippen LogP contribution in [-0.2, 0) is 25.8 Å². The van der Waals surface area contributed by atoms with Crippen LogP contribution in [0.3, 0.4) is 0 Å². The normalized spacial score (nSPS) is 22.8. The molecule has 1 aliphatic rings. The highest BCUT2D eigenvalue weighted by molar-refractivity contribution is 8.32. The number of ether oxygens (including phenoxy) is 1. The second kappa shape index (κ2) is 8.92. The quantitative estimate of drug-likeness (QED) is 0.341. The molecule has 1 aliphatic carbocycles. The summed E-state index contributed by atoms with van der Waals surface area (Å²) in [6, 6.07) is 2.01. The Morgan fingerprint density at radius 2 is 1.94 bits per heavy atom. The molecule has 0 bridgehead atoms. The van der Waals surface area contributed by atoms with Gasteiger partial charge in [0.1, 0.15) is 12.6 Å². The van der Waals surface area contributed by atoms with Gasteiger partial charge in [0.15, 0.2) is 11.3 Å². The van der Waals surface area contributed by atoms with Gasteiger partial charge in [-0.3, -0.25) is 8.58 Å². The molecule has 178 valence electrons. The fourth-order valence-electron chi connectivity index (χ4n) is 4.51. The summed E-state index contributed by atoms with van der Waals surface area (Å²) in [4.78, 5) is 4.60. The van der Waals surface area contributed by atoms with Crippen LogP contribution < -0.4 is 0 Å². The highest BCUT2D eigenvalue weighted by Crippen LogP contribution is 2.43. The minimum atomic E-state index is -3.49. The van der Waals surface area contributed by atoms with Crippen molar-refractivity contribution in [3.63, 3.8) is 0 Å². The van der Waals surface area contributed by atoms with Gasteiger partial charge in [-0.2, -0.15) is 8.42 Å². The third-order valence-electron chi connectivity index (χ3n) is 6.06. The van der Waals surface area contributed by atoms with Crippen LogP contribution in [-0.4, -0.2) is 76.1 Å². The van der Waals surface area contributed by atoms with E-state index >= 15 is 0 Å². The monoisotopic (exact) mass is 483 g/mol. The molecule has 3 unspecified atom stereocenters. The van der Waals surface area contributed by atoms with Gasteiger partial charge in [0.2, 0.25) is 0 Å². The maximum atomic E-state index is 11.7. The first-order valence-electron chi connectivity index (χ1n) is 10.9. The Kier molecular flexibility index (Phi) is 6.54. The van der Waals surface area contributed by atoms with Crippen molar-refractivity contribution >= 4 is 37.0 Å². The predicted octanol–water partition coefficient (Wildman–Crippen LogP) is 3.00. The molecule has 32 heavy (non-hydrogen) atoms. The van der Waals surface area contributed by atoms with Crippen LogP contribution in [0, 0.1) is 5.92 Å². The average Bonchev–Trinajstić information content (AvgIpc) is 3.38. The molecule has 3 heterocycles. The molecule has 0 aliphatic heterocycles. The average molecular weight is 484 g/mol. The van der Waals surface area contributed by atoms with E-state index in [2.05, 4.69) is 40.9 Å². The first kappa shape index (κ1) is 23.5. The van der Waals surface area contributed by atoms with Crippen LogP contribution in [0.25, 0.3) is 16.8 Å². The second-order valence-electron chi connectivity index (χ2n) is 9.51. The van der Waals surface area contributed by atoms with Crippen LogP contribution in [0.1, 0.15) is 37.9 Å². The molecule has 0 radical (unpaired) electrons. The van der Waals surface area contributed by atoms with E-state index in [1.807, 2.05) is 21.2 Å². The van der Waals surface area contributed by atoms with Crippen molar-refractivity contribution in [3.05, 3.63) is 24.3 Å². The summed E-state index contributed by atoms with van der Waals surface area (Å²) in [5.74, 6) is 2.26. The van der Waals surface area contributed by atoms with E-state index < -0.39 is 20.1 Å². The van der Waals surface area contributed by atoms with Gasteiger partial charge in [0.25, 0.3) is 10.1 Å². The van der Waals surface area contributed by atoms with Gasteiger partial charge in [-0.05, 0) is 43.6 Å². The lowest BCUT2D eigenvalue weighted by Gasteiger charge is -2.24. The minimum absolute atomic E-state index is 0.0710. The van der Waals surface area contributed by atoms with Gasteiger partial charge in [0.05, 0.1) is 30.7 Å². The Labute approximate surface area is 191 Å². The van der Waals surface area contributed by atoms with Crippen molar-refractivity contribution in [2.75, 3.05) is 37.4 Å². The van der Waals surface area contributed by atoms with Gasteiger partial charge in [-0.25, -0.2) is 15.0 Å². The molecule has 3 atom stereocenters. The third kappa shape index (κ3) is 5.11. The van der Waals surface area contributed by atoms with Crippen LogP contribution in [0.4, 0.5) is 0 Å². The van der Waals surface area contributed by atoms with E-state index in [1.165, 1.54) is 0 Å². The first-order valence-corrected chi connectivity index (χ1v) is 15.7. The number of fused-ring (bicyclic) bond motifs is 3. The topological polar surface area (TPSA) is 101 Å². The van der Waals surface area contributed by atoms with E-state index in [-0.39, 0.29) is 17.9 Å². The van der Waals surface area contributed by atoms with Gasteiger partial charge >= 0.3 is 0 Å². The van der Waals surface area contributed by atoms with E-state index in [0.717, 1.165) is 42.0 Å². The van der Waals surface area contributed by atoms with Gasteiger partial charge in [-0.15, -0.1) is 10.2 Å². The molecule has 0 saturated heterocycles. The standard InChI is InChI=1S/C21H33N5O4S2/c1-6-15-11-16(30-32(5,27)28)12-17(15)20-24-23-19-13-22-21-18(26(19)20)7-8-25(21)14-29-9-10-31(2,3)4/h7-8,13,15-17H,6,9-12,14H2,1-5H3. The van der Waals surface area contributed by atoms with Gasteiger partial charge in [-0.1, -0.05) is 13.3 Å². The van der Waals surface area contributed by atoms with E-state index in [0.29, 0.717) is 25.2 Å². The number of rotatable bonds is 9. The maximum Gasteiger partial charge on any atom is 0.264 e. The molecule has 4 rings (SSSR count). The Morgan fingerprint density at radius 1 is 1.16 bits per heavy atom. The minimum Gasteiger partial charge on any atom is -0.360 e. The number of aromatic nitrogens is 5. The van der Waals surface area contributed by atoms with Crippen molar-refractivity contribution < 1.29 is 17.3 Å². The van der Waals surface area contributed by atoms with Crippen molar-refractivity contribution in [1.29, 1.82) is 0 Å². The Hall–Kier alpha value is -1.69. The third-order valence-corrected chi connectivity index (χ3v) is 8.07. The van der Waals surface area contributed by atoms with E-state index in [1.54, 1.807) is 6.20 Å². The van der Waals surface area contributed by atoms with Gasteiger partial charge < -0.3 is 9.30 Å². The molecule has 1 saturated carbocycles. The highest BCUT2D eigenvalue weighted by Gasteiger charge is 2.39. The smallest absolute Gasteiger partial charge is 0.264 e. The fraction of sp³-hybridized carbons (Fsp3) is 0.667. The van der Waals surface area contributed by atoms with Crippen LogP contribution in [0.2, 0.25) is 0 Å². The molecule has 9 nitrogen and oxygen atoms in total. The summed E-state index contributed by atoms with van der Waals surface area (Å²) >= 11 is 0. The van der Waals surface area contributed by atoms with Crippen LogP contribution in [0.5, 0.6) is 0 Å². The van der Waals surface area contributed by atoms with Crippen molar-refractivity contribution in [2.45, 2.75) is 44.9 Å². The zero-order valence-corrected chi connectivity index (χ0v) is 21.0. The molecule has 11 heteroatoms. The highest BCUT2D eigenvalue weighted by atomic mass is 32.3. The summed E-state index contributed by atoms with van der Waals surface area (Å²) in [5.41, 5.74) is 2.43. The fourth-order valence-corrected chi connectivity index (χ4v) is 5.78. The zero-order chi connectivity index (χ0) is 23.1. The number of nitrogens with zero attached hydrogens (tertiary/aromatic N) is 5. The van der Waals surface area contributed by atoms with Gasteiger partial charge in [0, 0.05) is 17.9 Å². The largest absolute Gasteiger partial charge is 0.360 e. The van der Waals surface area contributed by atoms with Crippen molar-refractivity contribution in [1.82, 2.24) is 24.1 Å². The lowest BCUT2D eigenvalue weighted by Crippen LogP contribution is -2.14. The molecular weight excluding hydrogens is 450 g/mol. The Balaban J connectivity index is 1.61. The zero-order valence-electron chi connectivity index (χ0n) is 19.4. The summed E-state index contributed by atoms with van der Waals surface area (Å²) < 4.78 is 38.6.